The number of amides is 1. The minimum Gasteiger partial charge on any atom is -0.359 e. The van der Waals surface area contributed by atoms with Gasteiger partial charge in [-0.25, -0.2) is 0 Å². The van der Waals surface area contributed by atoms with Crippen molar-refractivity contribution in [3.8, 4) is 0 Å². The molecule has 20 heavy (non-hydrogen) atoms. The summed E-state index contributed by atoms with van der Waals surface area (Å²) in [6, 6.07) is 0. The predicted molar refractivity (Wildman–Crippen MR) is 78.4 cm³/mol. The van der Waals surface area contributed by atoms with Crippen molar-refractivity contribution < 1.29 is 9.32 Å². The predicted octanol–water partition coefficient (Wildman–Crippen LogP) is 2.78. The standard InChI is InChI=1S/C15H25N3O2/c1-3-12-14(11(2)20-18-12)17-13(19)9-15(10-16)7-5-4-6-8-15/h3-10,16H2,1-2H3,(H,17,19). The van der Waals surface area contributed by atoms with Crippen molar-refractivity contribution in [1.82, 2.24) is 5.16 Å². The monoisotopic (exact) mass is 279 g/mol. The summed E-state index contributed by atoms with van der Waals surface area (Å²) < 4.78 is 5.14. The van der Waals surface area contributed by atoms with Crippen molar-refractivity contribution in [2.75, 3.05) is 11.9 Å². The van der Waals surface area contributed by atoms with Crippen LogP contribution < -0.4 is 11.1 Å². The number of aromatic nitrogens is 1. The van der Waals surface area contributed by atoms with Gasteiger partial charge in [-0.15, -0.1) is 0 Å². The molecule has 1 amide bonds. The van der Waals surface area contributed by atoms with Gasteiger partial charge in [0, 0.05) is 6.42 Å². The molecule has 0 aliphatic heterocycles. The molecule has 1 aliphatic rings. The molecular formula is C15H25N3O2. The second-order valence-corrected chi connectivity index (χ2v) is 5.90. The van der Waals surface area contributed by atoms with Gasteiger partial charge >= 0.3 is 0 Å². The molecule has 2 rings (SSSR count). The number of carbonyl (C=O) groups is 1. The second kappa shape index (κ2) is 6.39. The maximum atomic E-state index is 12.3. The molecule has 0 saturated heterocycles. The van der Waals surface area contributed by atoms with Crippen molar-refractivity contribution in [2.45, 2.75) is 58.8 Å². The van der Waals surface area contributed by atoms with Crippen LogP contribution >= 0.6 is 0 Å². The molecule has 0 radical (unpaired) electrons. The molecular weight excluding hydrogens is 254 g/mol. The first-order chi connectivity index (χ1) is 9.60. The lowest BCUT2D eigenvalue weighted by molar-refractivity contribution is -0.118. The van der Waals surface area contributed by atoms with Crippen LogP contribution in [-0.2, 0) is 11.2 Å². The van der Waals surface area contributed by atoms with Gasteiger partial charge in [0.2, 0.25) is 5.91 Å². The normalized spacial score (nSPS) is 17.9. The van der Waals surface area contributed by atoms with E-state index in [9.17, 15) is 4.79 Å². The van der Waals surface area contributed by atoms with E-state index < -0.39 is 0 Å². The largest absolute Gasteiger partial charge is 0.359 e. The Bertz CT molecular complexity index is 462. The fourth-order valence-electron chi connectivity index (χ4n) is 3.10. The summed E-state index contributed by atoms with van der Waals surface area (Å²) in [5.41, 5.74) is 7.46. The molecule has 1 saturated carbocycles. The Morgan fingerprint density at radius 2 is 2.10 bits per heavy atom. The maximum Gasteiger partial charge on any atom is 0.225 e. The summed E-state index contributed by atoms with van der Waals surface area (Å²) >= 11 is 0. The molecule has 1 aromatic heterocycles. The lowest BCUT2D eigenvalue weighted by atomic mass is 9.71. The van der Waals surface area contributed by atoms with Gasteiger partial charge in [-0.2, -0.15) is 0 Å². The quantitative estimate of drug-likeness (QED) is 0.868. The summed E-state index contributed by atoms with van der Waals surface area (Å²) in [4.78, 5) is 12.3. The van der Waals surface area contributed by atoms with E-state index in [-0.39, 0.29) is 11.3 Å². The molecule has 1 fully saturated rings. The molecule has 0 atom stereocenters. The molecule has 0 spiro atoms. The summed E-state index contributed by atoms with van der Waals surface area (Å²) in [5.74, 6) is 0.694. The average molecular weight is 279 g/mol. The third-order valence-electron chi connectivity index (χ3n) is 4.42. The Kier molecular flexibility index (Phi) is 4.81. The maximum absolute atomic E-state index is 12.3. The molecule has 1 heterocycles. The number of nitrogens with zero attached hydrogens (tertiary/aromatic N) is 1. The van der Waals surface area contributed by atoms with Gasteiger partial charge in [0.1, 0.15) is 11.4 Å². The van der Waals surface area contributed by atoms with Crippen LogP contribution in [0.2, 0.25) is 0 Å². The van der Waals surface area contributed by atoms with Crippen molar-refractivity contribution in [1.29, 1.82) is 0 Å². The third kappa shape index (κ3) is 3.20. The average Bonchev–Trinajstić information content (AvgIpc) is 2.80. The Balaban J connectivity index is 2.02. The zero-order valence-electron chi connectivity index (χ0n) is 12.5. The highest BCUT2D eigenvalue weighted by atomic mass is 16.5. The van der Waals surface area contributed by atoms with Crippen LogP contribution in [-0.4, -0.2) is 17.6 Å². The van der Waals surface area contributed by atoms with Crippen LogP contribution in [0.25, 0.3) is 0 Å². The number of carbonyl (C=O) groups excluding carboxylic acids is 1. The highest BCUT2D eigenvalue weighted by Crippen LogP contribution is 2.38. The fourth-order valence-corrected chi connectivity index (χ4v) is 3.10. The van der Waals surface area contributed by atoms with Gasteiger partial charge in [-0.1, -0.05) is 31.3 Å². The van der Waals surface area contributed by atoms with E-state index in [0.717, 1.165) is 30.6 Å². The number of nitrogens with two attached hydrogens (primary N) is 1. The summed E-state index contributed by atoms with van der Waals surface area (Å²) in [6.07, 6.45) is 6.97. The van der Waals surface area contributed by atoms with Gasteiger partial charge in [-0.3, -0.25) is 4.79 Å². The van der Waals surface area contributed by atoms with Gasteiger partial charge in [-0.05, 0) is 38.1 Å². The van der Waals surface area contributed by atoms with Gasteiger partial charge in [0.25, 0.3) is 0 Å². The van der Waals surface area contributed by atoms with Gasteiger partial charge < -0.3 is 15.6 Å². The smallest absolute Gasteiger partial charge is 0.225 e. The number of nitrogens with one attached hydrogen (secondary N) is 1. The number of hydrogen-bond acceptors (Lipinski definition) is 4. The molecule has 0 unspecified atom stereocenters. The van der Waals surface area contributed by atoms with Crippen LogP contribution in [0.3, 0.4) is 0 Å². The molecule has 1 aromatic rings. The lowest BCUT2D eigenvalue weighted by Crippen LogP contribution is -2.36. The zero-order valence-corrected chi connectivity index (χ0v) is 12.5. The van der Waals surface area contributed by atoms with Crippen LogP contribution in [0, 0.1) is 12.3 Å². The molecule has 3 N–H and O–H groups in total. The first kappa shape index (κ1) is 15.0. The molecule has 1 aliphatic carbocycles. The van der Waals surface area contributed by atoms with Gasteiger partial charge in [0.05, 0.1) is 0 Å². The summed E-state index contributed by atoms with van der Waals surface area (Å²) in [6.45, 7) is 4.40. The SMILES string of the molecule is CCc1noc(C)c1NC(=O)CC1(CN)CCCCC1. The van der Waals surface area contributed by atoms with Crippen LogP contribution in [0.5, 0.6) is 0 Å². The Morgan fingerprint density at radius 1 is 1.40 bits per heavy atom. The van der Waals surface area contributed by atoms with E-state index in [4.69, 9.17) is 10.3 Å². The van der Waals surface area contributed by atoms with E-state index >= 15 is 0 Å². The van der Waals surface area contributed by atoms with Gasteiger partial charge in [0.15, 0.2) is 5.76 Å². The molecule has 0 bridgehead atoms. The van der Waals surface area contributed by atoms with Crippen LogP contribution in [0.4, 0.5) is 5.69 Å². The highest BCUT2D eigenvalue weighted by Gasteiger charge is 2.33. The highest BCUT2D eigenvalue weighted by molar-refractivity contribution is 5.92. The topological polar surface area (TPSA) is 81.2 Å². The lowest BCUT2D eigenvalue weighted by Gasteiger charge is -2.35. The number of anilines is 1. The summed E-state index contributed by atoms with van der Waals surface area (Å²) in [7, 11) is 0. The van der Waals surface area contributed by atoms with Crippen LogP contribution in [0.15, 0.2) is 4.52 Å². The van der Waals surface area contributed by atoms with Crippen molar-refractivity contribution in [3.63, 3.8) is 0 Å². The molecule has 5 heteroatoms. The van der Waals surface area contributed by atoms with Crippen molar-refractivity contribution in [3.05, 3.63) is 11.5 Å². The Hall–Kier alpha value is -1.36. The number of aryl methyl sites for hydroxylation is 2. The number of rotatable bonds is 5. The van der Waals surface area contributed by atoms with Crippen LogP contribution in [0.1, 0.15) is 56.9 Å². The van der Waals surface area contributed by atoms with E-state index in [1.807, 2.05) is 13.8 Å². The van der Waals surface area contributed by atoms with E-state index in [0.29, 0.717) is 18.7 Å². The van der Waals surface area contributed by atoms with E-state index in [1.54, 1.807) is 0 Å². The fraction of sp³-hybridized carbons (Fsp3) is 0.733. The third-order valence-corrected chi connectivity index (χ3v) is 4.42. The zero-order chi connectivity index (χ0) is 14.6. The summed E-state index contributed by atoms with van der Waals surface area (Å²) in [5, 5.41) is 6.92. The van der Waals surface area contributed by atoms with Crippen molar-refractivity contribution in [2.24, 2.45) is 11.1 Å². The first-order valence-corrected chi connectivity index (χ1v) is 7.55. The Morgan fingerprint density at radius 3 is 2.70 bits per heavy atom. The Labute approximate surface area is 120 Å². The minimum atomic E-state index is -0.0141. The number of hydrogen-bond donors (Lipinski definition) is 2. The van der Waals surface area contributed by atoms with E-state index in [1.165, 1.54) is 19.3 Å². The van der Waals surface area contributed by atoms with Crippen molar-refractivity contribution >= 4 is 11.6 Å². The molecule has 112 valence electrons. The molecule has 5 nitrogen and oxygen atoms in total. The van der Waals surface area contributed by atoms with E-state index in [2.05, 4.69) is 10.5 Å². The second-order valence-electron chi connectivity index (χ2n) is 5.90. The minimum absolute atomic E-state index is 0.0141. The molecule has 0 aromatic carbocycles. The first-order valence-electron chi connectivity index (χ1n) is 7.55.